The molecule has 0 saturated carbocycles. The van der Waals surface area contributed by atoms with Crippen molar-refractivity contribution in [3.63, 3.8) is 0 Å². The van der Waals surface area contributed by atoms with Crippen LogP contribution in [0.1, 0.15) is 28.8 Å². The SMILES string of the molecule is Cn1nccc1-c1ccc(O)c2c1CC1C[C@H]3CC(=O)C(C(N)=O)=C(O)[C@]34OC4=C1C2=O. The number of fused-ring (bicyclic) bond motifs is 2. The highest BCUT2D eigenvalue weighted by Gasteiger charge is 2.71. The van der Waals surface area contributed by atoms with Gasteiger partial charge in [-0.05, 0) is 42.5 Å². The molecule has 4 aliphatic rings. The van der Waals surface area contributed by atoms with Gasteiger partial charge in [-0.15, -0.1) is 0 Å². The van der Waals surface area contributed by atoms with Crippen LogP contribution in [-0.4, -0.2) is 43.1 Å². The summed E-state index contributed by atoms with van der Waals surface area (Å²) < 4.78 is 7.53. The van der Waals surface area contributed by atoms with Crippen LogP contribution in [0, 0.1) is 11.8 Å². The predicted octanol–water partition coefficient (Wildman–Crippen LogP) is 1.46. The van der Waals surface area contributed by atoms with Crippen molar-refractivity contribution in [3.05, 3.63) is 58.2 Å². The van der Waals surface area contributed by atoms with E-state index in [9.17, 15) is 24.6 Å². The van der Waals surface area contributed by atoms with Crippen molar-refractivity contribution in [2.75, 3.05) is 0 Å². The number of nitrogens with zero attached hydrogens (tertiary/aromatic N) is 2. The molecule has 1 aromatic carbocycles. The lowest BCUT2D eigenvalue weighted by Gasteiger charge is -2.36. The predicted molar refractivity (Wildman–Crippen MR) is 109 cm³/mol. The number of nitrogens with two attached hydrogens (primary N) is 1. The highest BCUT2D eigenvalue weighted by Crippen LogP contribution is 2.64. The van der Waals surface area contributed by atoms with Crippen molar-refractivity contribution in [3.8, 4) is 17.0 Å². The van der Waals surface area contributed by atoms with Crippen molar-refractivity contribution in [2.45, 2.75) is 24.9 Å². The van der Waals surface area contributed by atoms with Crippen molar-refractivity contribution in [1.82, 2.24) is 9.78 Å². The van der Waals surface area contributed by atoms with Gasteiger partial charge in [-0.25, -0.2) is 0 Å². The van der Waals surface area contributed by atoms with Gasteiger partial charge in [0.05, 0.1) is 11.3 Å². The average Bonchev–Trinajstić information content (AvgIpc) is 3.34. The van der Waals surface area contributed by atoms with Gasteiger partial charge in [0.1, 0.15) is 11.3 Å². The number of aryl methyl sites for hydroxylation is 1. The molecule has 1 saturated heterocycles. The number of rotatable bonds is 2. The van der Waals surface area contributed by atoms with Crippen LogP contribution in [0.2, 0.25) is 0 Å². The number of aromatic hydroxyl groups is 1. The Balaban J connectivity index is 1.54. The number of hydrogen-bond acceptors (Lipinski definition) is 7. The number of amides is 1. The summed E-state index contributed by atoms with van der Waals surface area (Å²) in [6.45, 7) is 0. The molecule has 3 atom stereocenters. The van der Waals surface area contributed by atoms with Gasteiger partial charge < -0.3 is 20.7 Å². The number of aromatic nitrogens is 2. The summed E-state index contributed by atoms with van der Waals surface area (Å²) >= 11 is 0. The molecule has 1 amide bonds. The topological polar surface area (TPSA) is 148 Å². The summed E-state index contributed by atoms with van der Waals surface area (Å²) in [4.78, 5) is 37.8. The average molecular weight is 433 g/mol. The first kappa shape index (κ1) is 18.9. The molecule has 162 valence electrons. The van der Waals surface area contributed by atoms with Crippen molar-refractivity contribution < 1.29 is 29.3 Å². The molecule has 32 heavy (non-hydrogen) atoms. The molecular formula is C23H19N3O6. The van der Waals surface area contributed by atoms with Crippen LogP contribution in [0.15, 0.2) is 47.1 Å². The number of aliphatic hydroxyl groups excluding tert-OH is 1. The Bertz CT molecular complexity index is 1350. The van der Waals surface area contributed by atoms with Gasteiger partial charge in [-0.1, -0.05) is 0 Å². The summed E-state index contributed by atoms with van der Waals surface area (Å²) in [5, 5.41) is 25.5. The molecule has 2 heterocycles. The third-order valence-electron chi connectivity index (χ3n) is 7.21. The van der Waals surface area contributed by atoms with E-state index >= 15 is 0 Å². The van der Waals surface area contributed by atoms with E-state index in [0.29, 0.717) is 18.4 Å². The molecule has 4 N–H and O–H groups in total. The maximum absolute atomic E-state index is 13.6. The monoisotopic (exact) mass is 433 g/mol. The Morgan fingerprint density at radius 2 is 2.03 bits per heavy atom. The first-order valence-corrected chi connectivity index (χ1v) is 10.3. The molecule has 3 aliphatic carbocycles. The van der Waals surface area contributed by atoms with Crippen LogP contribution >= 0.6 is 0 Å². The van der Waals surface area contributed by atoms with Crippen molar-refractivity contribution in [1.29, 1.82) is 0 Å². The lowest BCUT2D eigenvalue weighted by Crippen LogP contribution is -2.43. The van der Waals surface area contributed by atoms with Crippen LogP contribution in [0.5, 0.6) is 5.75 Å². The largest absolute Gasteiger partial charge is 0.507 e. The molecule has 9 heteroatoms. The second-order valence-electron chi connectivity index (χ2n) is 8.78. The molecule has 1 fully saturated rings. The minimum Gasteiger partial charge on any atom is -0.507 e. The number of primary amides is 1. The molecule has 1 unspecified atom stereocenters. The lowest BCUT2D eigenvalue weighted by molar-refractivity contribution is -0.123. The number of phenolic OH excluding ortho intramolecular Hbond substituents is 1. The van der Waals surface area contributed by atoms with E-state index in [0.717, 1.165) is 16.8 Å². The normalized spacial score (nSPS) is 27.9. The minimum absolute atomic E-state index is 0.00525. The fourth-order valence-corrected chi connectivity index (χ4v) is 5.78. The van der Waals surface area contributed by atoms with Crippen LogP contribution in [0.4, 0.5) is 0 Å². The summed E-state index contributed by atoms with van der Waals surface area (Å²) in [5.74, 6) is -2.88. The second-order valence-corrected chi connectivity index (χ2v) is 8.78. The molecule has 2 aromatic rings. The Kier molecular flexibility index (Phi) is 3.46. The zero-order chi connectivity index (χ0) is 22.5. The van der Waals surface area contributed by atoms with Crippen LogP contribution in [0.3, 0.4) is 0 Å². The number of carbonyl (C=O) groups is 3. The number of allylic oxidation sites excluding steroid dienone is 1. The number of phenols is 1. The van der Waals surface area contributed by atoms with Gasteiger partial charge >= 0.3 is 0 Å². The van der Waals surface area contributed by atoms with Crippen LogP contribution in [0.25, 0.3) is 11.3 Å². The number of Topliss-reactive ketones (excluding diaryl/α,β-unsaturated/α-hetero) is 2. The number of ketones is 2. The maximum atomic E-state index is 13.6. The zero-order valence-corrected chi connectivity index (χ0v) is 17.1. The minimum atomic E-state index is -1.34. The number of benzene rings is 1. The van der Waals surface area contributed by atoms with E-state index in [4.69, 9.17) is 10.5 Å². The Morgan fingerprint density at radius 3 is 2.72 bits per heavy atom. The fourth-order valence-electron chi connectivity index (χ4n) is 5.78. The van der Waals surface area contributed by atoms with Gasteiger partial charge in [0.15, 0.2) is 23.1 Å². The third kappa shape index (κ3) is 2.12. The number of hydrogen-bond donors (Lipinski definition) is 3. The number of epoxide rings is 1. The van der Waals surface area contributed by atoms with Crippen molar-refractivity contribution in [2.24, 2.45) is 24.6 Å². The quantitative estimate of drug-likeness (QED) is 0.480. The summed E-state index contributed by atoms with van der Waals surface area (Å²) in [6.07, 6.45) is 2.56. The number of ether oxygens (including phenoxy) is 1. The molecule has 1 aromatic heterocycles. The zero-order valence-electron chi connectivity index (χ0n) is 17.1. The van der Waals surface area contributed by atoms with Gasteiger partial charge in [-0.3, -0.25) is 19.1 Å². The van der Waals surface area contributed by atoms with E-state index in [1.54, 1.807) is 24.0 Å². The Hall–Kier alpha value is -3.88. The first-order chi connectivity index (χ1) is 15.3. The smallest absolute Gasteiger partial charge is 0.255 e. The van der Waals surface area contributed by atoms with Gasteiger partial charge in [0, 0.05) is 36.7 Å². The molecule has 0 radical (unpaired) electrons. The number of aliphatic hydroxyl groups is 1. The molecule has 0 bridgehead atoms. The van der Waals surface area contributed by atoms with E-state index < -0.39 is 34.5 Å². The van der Waals surface area contributed by atoms with Crippen molar-refractivity contribution >= 4 is 17.5 Å². The molecule has 9 nitrogen and oxygen atoms in total. The summed E-state index contributed by atoms with van der Waals surface area (Å²) in [6, 6.07) is 5.10. The Morgan fingerprint density at radius 1 is 1.25 bits per heavy atom. The highest BCUT2D eigenvalue weighted by atomic mass is 16.6. The fraction of sp³-hybridized carbons (Fsp3) is 0.304. The highest BCUT2D eigenvalue weighted by molar-refractivity contribution is 6.21. The molecule has 6 rings (SSSR count). The van der Waals surface area contributed by atoms with E-state index in [1.807, 2.05) is 6.07 Å². The third-order valence-corrected chi connectivity index (χ3v) is 7.21. The van der Waals surface area contributed by atoms with Gasteiger partial charge in [-0.2, -0.15) is 5.10 Å². The molecular weight excluding hydrogens is 414 g/mol. The first-order valence-electron chi connectivity index (χ1n) is 10.3. The molecule has 1 spiro atoms. The van der Waals surface area contributed by atoms with E-state index in [2.05, 4.69) is 5.10 Å². The van der Waals surface area contributed by atoms with Gasteiger partial charge in [0.2, 0.25) is 5.60 Å². The summed E-state index contributed by atoms with van der Waals surface area (Å²) in [5.41, 5.74) is 6.45. The Labute approximate surface area is 181 Å². The second kappa shape index (κ2) is 5.87. The van der Waals surface area contributed by atoms with E-state index in [-0.39, 0.29) is 35.2 Å². The number of carbonyl (C=O) groups excluding carboxylic acids is 3. The molecule has 1 aliphatic heterocycles. The maximum Gasteiger partial charge on any atom is 0.255 e. The standard InChI is InChI=1S/C23H19N3O6/c1-26-13(4-5-25-26)11-2-3-14(27)17-12(11)7-9-6-10-8-15(28)18(22(24)31)20(30)23(10)21(32-23)16(9)19(17)29/h2-5,9-10,27,30H,6-8H2,1H3,(H2,24,31)/t9?,10-,23+/m0/s1. The van der Waals surface area contributed by atoms with Crippen LogP contribution < -0.4 is 5.73 Å². The lowest BCUT2D eigenvalue weighted by atomic mass is 9.63. The summed E-state index contributed by atoms with van der Waals surface area (Å²) in [7, 11) is 1.80. The van der Waals surface area contributed by atoms with E-state index in [1.165, 1.54) is 6.07 Å². The van der Waals surface area contributed by atoms with Crippen LogP contribution in [-0.2, 0) is 27.8 Å². The van der Waals surface area contributed by atoms with Gasteiger partial charge in [0.25, 0.3) is 5.91 Å².